The van der Waals surface area contributed by atoms with Gasteiger partial charge in [-0.3, -0.25) is 9.48 Å². The molecule has 1 aromatic heterocycles. The Kier molecular flexibility index (Phi) is 3.55. The van der Waals surface area contributed by atoms with Crippen molar-refractivity contribution in [2.45, 2.75) is 52.0 Å². The summed E-state index contributed by atoms with van der Waals surface area (Å²) in [6, 6.07) is 0. The van der Waals surface area contributed by atoms with Crippen molar-refractivity contribution in [3.8, 4) is 0 Å². The number of hydrogen-bond acceptors (Lipinski definition) is 2. The summed E-state index contributed by atoms with van der Waals surface area (Å²) in [5.41, 5.74) is 0.824. The lowest BCUT2D eigenvalue weighted by Crippen LogP contribution is -2.49. The van der Waals surface area contributed by atoms with E-state index in [0.717, 1.165) is 53.7 Å². The van der Waals surface area contributed by atoms with Crippen molar-refractivity contribution in [1.29, 1.82) is 0 Å². The lowest BCUT2D eigenvalue weighted by Gasteiger charge is -2.55. The smallest absolute Gasteiger partial charge is 0.161 e. The predicted octanol–water partition coefficient (Wildman–Crippen LogP) is 4.46. The molecule has 0 radical (unpaired) electrons. The maximum absolute atomic E-state index is 12.9. The highest BCUT2D eigenvalue weighted by molar-refractivity contribution is 9.10. The second kappa shape index (κ2) is 5.33. The lowest BCUT2D eigenvalue weighted by atomic mass is 9.48. The molecule has 0 aromatic carbocycles. The fourth-order valence-electron chi connectivity index (χ4n) is 5.43. The Morgan fingerprint density at radius 1 is 1.32 bits per heavy atom. The molecular formula is C18H23BrN2O. The minimum Gasteiger partial charge on any atom is -0.294 e. The summed E-state index contributed by atoms with van der Waals surface area (Å²) in [6.07, 6.45) is 13.2. The maximum atomic E-state index is 12.9. The van der Waals surface area contributed by atoms with Gasteiger partial charge in [-0.15, -0.1) is 0 Å². The van der Waals surface area contributed by atoms with Gasteiger partial charge < -0.3 is 0 Å². The molecule has 1 heterocycles. The Hall–Kier alpha value is -0.900. The summed E-state index contributed by atoms with van der Waals surface area (Å²) in [7, 11) is 0. The minimum absolute atomic E-state index is 0.0367. The Morgan fingerprint density at radius 3 is 2.41 bits per heavy atom. The molecule has 0 spiro atoms. The Balaban J connectivity index is 1.54. The van der Waals surface area contributed by atoms with E-state index < -0.39 is 0 Å². The number of aryl methyl sites for hydroxylation is 1. The Labute approximate surface area is 140 Å². The number of aromatic nitrogens is 2. The first kappa shape index (κ1) is 14.7. The minimum atomic E-state index is -0.0367. The highest BCUT2D eigenvalue weighted by atomic mass is 79.9. The molecule has 4 heteroatoms. The zero-order valence-electron chi connectivity index (χ0n) is 13.1. The standard InChI is InChI=1S/C18H23BrN2O/c1-2-21-11-15(19)16(20-21)3-4-17(22)18-8-12-5-13(9-18)7-14(6-12)10-18/h3-4,11-14H,2,5-10H2,1H3/b4-3+. The molecule has 118 valence electrons. The van der Waals surface area contributed by atoms with E-state index in [1.54, 1.807) is 6.08 Å². The van der Waals surface area contributed by atoms with Crippen LogP contribution >= 0.6 is 15.9 Å². The van der Waals surface area contributed by atoms with Gasteiger partial charge in [0.2, 0.25) is 0 Å². The number of allylic oxidation sites excluding steroid dienone is 1. The monoisotopic (exact) mass is 362 g/mol. The van der Waals surface area contributed by atoms with E-state index in [1.807, 2.05) is 17.0 Å². The van der Waals surface area contributed by atoms with E-state index in [-0.39, 0.29) is 5.41 Å². The summed E-state index contributed by atoms with van der Waals surface area (Å²) >= 11 is 3.53. The number of rotatable bonds is 4. The average molecular weight is 363 g/mol. The quantitative estimate of drug-likeness (QED) is 0.740. The van der Waals surface area contributed by atoms with Gasteiger partial charge in [-0.2, -0.15) is 5.10 Å². The highest BCUT2D eigenvalue weighted by Gasteiger charge is 2.53. The molecule has 5 rings (SSSR count). The van der Waals surface area contributed by atoms with Crippen molar-refractivity contribution < 1.29 is 4.79 Å². The number of ketones is 1. The topological polar surface area (TPSA) is 34.9 Å². The molecule has 0 unspecified atom stereocenters. The third-order valence-corrected chi connectivity index (χ3v) is 6.63. The second-order valence-electron chi connectivity index (χ2n) is 7.61. The first-order valence-electron chi connectivity index (χ1n) is 8.53. The van der Waals surface area contributed by atoms with Crippen molar-refractivity contribution in [2.75, 3.05) is 0 Å². The van der Waals surface area contributed by atoms with Gasteiger partial charge >= 0.3 is 0 Å². The zero-order chi connectivity index (χ0) is 15.3. The van der Waals surface area contributed by atoms with E-state index >= 15 is 0 Å². The molecule has 0 atom stereocenters. The number of hydrogen-bond donors (Lipinski definition) is 0. The normalized spacial score (nSPS) is 36.4. The van der Waals surface area contributed by atoms with Crippen LogP contribution in [0.4, 0.5) is 0 Å². The van der Waals surface area contributed by atoms with Gasteiger partial charge in [0.1, 0.15) is 0 Å². The highest BCUT2D eigenvalue weighted by Crippen LogP contribution is 2.60. The second-order valence-corrected chi connectivity index (χ2v) is 8.47. The molecule has 22 heavy (non-hydrogen) atoms. The van der Waals surface area contributed by atoms with Gasteiger partial charge in [-0.25, -0.2) is 0 Å². The van der Waals surface area contributed by atoms with Crippen LogP contribution in [0.3, 0.4) is 0 Å². The number of nitrogens with zero attached hydrogens (tertiary/aromatic N) is 2. The molecule has 0 saturated heterocycles. The van der Waals surface area contributed by atoms with Crippen LogP contribution in [0.1, 0.15) is 51.1 Å². The molecule has 3 nitrogen and oxygen atoms in total. The average Bonchev–Trinajstić information content (AvgIpc) is 2.83. The first-order valence-corrected chi connectivity index (χ1v) is 9.33. The zero-order valence-corrected chi connectivity index (χ0v) is 14.7. The molecule has 4 fully saturated rings. The van der Waals surface area contributed by atoms with Crippen LogP contribution in [0, 0.1) is 23.2 Å². The van der Waals surface area contributed by atoms with Crippen LogP contribution in [0.25, 0.3) is 6.08 Å². The molecular weight excluding hydrogens is 340 g/mol. The molecule has 1 aromatic rings. The van der Waals surface area contributed by atoms with Crippen molar-refractivity contribution >= 4 is 27.8 Å². The van der Waals surface area contributed by atoms with Crippen molar-refractivity contribution in [3.05, 3.63) is 22.4 Å². The van der Waals surface area contributed by atoms with E-state index in [4.69, 9.17) is 0 Å². The summed E-state index contributed by atoms with van der Waals surface area (Å²) in [6.45, 7) is 2.91. The summed E-state index contributed by atoms with van der Waals surface area (Å²) in [5.74, 6) is 2.79. The van der Waals surface area contributed by atoms with Crippen LogP contribution in [0.5, 0.6) is 0 Å². The fraction of sp³-hybridized carbons (Fsp3) is 0.667. The van der Waals surface area contributed by atoms with Crippen LogP contribution < -0.4 is 0 Å². The van der Waals surface area contributed by atoms with Crippen LogP contribution in [-0.2, 0) is 11.3 Å². The molecule has 0 N–H and O–H groups in total. The number of halogens is 1. The van der Waals surface area contributed by atoms with Crippen molar-refractivity contribution in [2.24, 2.45) is 23.2 Å². The van der Waals surface area contributed by atoms with E-state index in [0.29, 0.717) is 5.78 Å². The fourth-order valence-corrected chi connectivity index (χ4v) is 5.88. The largest absolute Gasteiger partial charge is 0.294 e. The van der Waals surface area contributed by atoms with Gasteiger partial charge in [-0.05, 0) is 91.3 Å². The van der Waals surface area contributed by atoms with Crippen LogP contribution in [0.2, 0.25) is 0 Å². The molecule has 4 bridgehead atoms. The lowest BCUT2D eigenvalue weighted by molar-refractivity contribution is -0.138. The Morgan fingerprint density at radius 2 is 1.91 bits per heavy atom. The van der Waals surface area contributed by atoms with Crippen LogP contribution in [0.15, 0.2) is 16.7 Å². The van der Waals surface area contributed by atoms with Crippen molar-refractivity contribution in [1.82, 2.24) is 9.78 Å². The van der Waals surface area contributed by atoms with Gasteiger partial charge in [0.25, 0.3) is 0 Å². The third kappa shape index (κ3) is 2.40. The summed E-state index contributed by atoms with van der Waals surface area (Å²) < 4.78 is 2.85. The molecule has 4 aliphatic carbocycles. The van der Waals surface area contributed by atoms with E-state index in [1.165, 1.54) is 19.3 Å². The third-order valence-electron chi connectivity index (χ3n) is 6.02. The van der Waals surface area contributed by atoms with Gasteiger partial charge in [0.05, 0.1) is 10.2 Å². The SMILES string of the molecule is CCn1cc(Br)c(/C=C/C(=O)C23CC4CC(CC(C4)C2)C3)n1. The van der Waals surface area contributed by atoms with E-state index in [9.17, 15) is 4.79 Å². The van der Waals surface area contributed by atoms with Gasteiger partial charge in [0.15, 0.2) is 5.78 Å². The maximum Gasteiger partial charge on any atom is 0.161 e. The van der Waals surface area contributed by atoms with Gasteiger partial charge in [0, 0.05) is 18.2 Å². The number of carbonyl (C=O) groups excluding carboxylic acids is 1. The molecule has 4 saturated carbocycles. The number of carbonyl (C=O) groups is 1. The molecule has 0 aliphatic heterocycles. The van der Waals surface area contributed by atoms with Crippen molar-refractivity contribution in [3.63, 3.8) is 0 Å². The van der Waals surface area contributed by atoms with Gasteiger partial charge in [-0.1, -0.05) is 0 Å². The summed E-state index contributed by atoms with van der Waals surface area (Å²) in [4.78, 5) is 12.9. The van der Waals surface area contributed by atoms with E-state index in [2.05, 4.69) is 28.0 Å². The molecule has 0 amide bonds. The first-order chi connectivity index (χ1) is 10.6. The van der Waals surface area contributed by atoms with Crippen LogP contribution in [-0.4, -0.2) is 15.6 Å². The Bertz CT molecular complexity index is 596. The molecule has 4 aliphatic rings. The predicted molar refractivity (Wildman–Crippen MR) is 90.2 cm³/mol. The summed E-state index contributed by atoms with van der Waals surface area (Å²) in [5, 5.41) is 4.48.